The summed E-state index contributed by atoms with van der Waals surface area (Å²) in [7, 11) is 0. The summed E-state index contributed by atoms with van der Waals surface area (Å²) in [6, 6.07) is 12.5. The van der Waals surface area contributed by atoms with E-state index in [-0.39, 0.29) is 5.82 Å². The van der Waals surface area contributed by atoms with E-state index < -0.39 is 0 Å². The van der Waals surface area contributed by atoms with E-state index in [4.69, 9.17) is 0 Å². The summed E-state index contributed by atoms with van der Waals surface area (Å²) in [6.07, 6.45) is 3.72. The van der Waals surface area contributed by atoms with Gasteiger partial charge in [-0.05, 0) is 48.9 Å². The Bertz CT molecular complexity index is 966. The molecule has 0 aliphatic carbocycles. The van der Waals surface area contributed by atoms with Gasteiger partial charge in [0.25, 0.3) is 0 Å². The molecule has 0 unspecified atom stereocenters. The van der Waals surface area contributed by atoms with Crippen molar-refractivity contribution < 1.29 is 4.39 Å². The molecule has 0 spiro atoms. The fourth-order valence-electron chi connectivity index (χ4n) is 2.81. The van der Waals surface area contributed by atoms with Crippen molar-refractivity contribution in [1.82, 2.24) is 19.7 Å². The summed E-state index contributed by atoms with van der Waals surface area (Å²) in [5, 5.41) is 7.25. The van der Waals surface area contributed by atoms with Crippen molar-refractivity contribution in [2.75, 3.05) is 0 Å². The minimum absolute atomic E-state index is 0.251. The van der Waals surface area contributed by atoms with Crippen LogP contribution in [0.25, 0.3) is 33.4 Å². The number of nitrogens with one attached hydrogen (secondary N) is 1. The molecule has 0 radical (unpaired) electrons. The van der Waals surface area contributed by atoms with Crippen molar-refractivity contribution in [1.29, 1.82) is 0 Å². The molecule has 2 aromatic carbocycles. The average Bonchev–Trinajstić information content (AvgIpc) is 3.21. The smallest absolute Gasteiger partial charge is 0.123 e. The maximum atomic E-state index is 13.1. The summed E-state index contributed by atoms with van der Waals surface area (Å²) in [4.78, 5) is 4.40. The van der Waals surface area contributed by atoms with Crippen LogP contribution in [0, 0.1) is 5.82 Å². The number of rotatable bonds is 3. The normalized spacial score (nSPS) is 11.2. The van der Waals surface area contributed by atoms with Gasteiger partial charge >= 0.3 is 0 Å². The first-order valence-electron chi connectivity index (χ1n) is 7.51. The number of aromatic nitrogens is 4. The predicted octanol–water partition coefficient (Wildman–Crippen LogP) is 4.25. The molecule has 114 valence electrons. The first-order chi connectivity index (χ1) is 11.3. The lowest BCUT2D eigenvalue weighted by atomic mass is 10.0. The van der Waals surface area contributed by atoms with Crippen molar-refractivity contribution in [2.24, 2.45) is 0 Å². The zero-order valence-corrected chi connectivity index (χ0v) is 12.6. The minimum Gasteiger partial charge on any atom is -0.331 e. The number of benzene rings is 2. The molecule has 0 aliphatic heterocycles. The molecule has 0 aliphatic rings. The van der Waals surface area contributed by atoms with Crippen molar-refractivity contribution in [2.45, 2.75) is 13.5 Å². The van der Waals surface area contributed by atoms with Crippen molar-refractivity contribution in [3.05, 3.63) is 60.8 Å². The van der Waals surface area contributed by atoms with Gasteiger partial charge in [0.1, 0.15) is 5.82 Å². The third-order valence-electron chi connectivity index (χ3n) is 4.03. The van der Waals surface area contributed by atoms with Crippen LogP contribution in [-0.4, -0.2) is 19.7 Å². The highest BCUT2D eigenvalue weighted by Gasteiger charge is 2.12. The van der Waals surface area contributed by atoms with Gasteiger partial charge in [-0.25, -0.2) is 9.37 Å². The van der Waals surface area contributed by atoms with E-state index in [9.17, 15) is 4.39 Å². The Balaban J connectivity index is 1.85. The zero-order valence-electron chi connectivity index (χ0n) is 12.6. The van der Waals surface area contributed by atoms with Crippen LogP contribution in [0.2, 0.25) is 0 Å². The lowest BCUT2D eigenvalue weighted by molar-refractivity contribution is 0.628. The van der Waals surface area contributed by atoms with Crippen LogP contribution in [0.5, 0.6) is 0 Å². The highest BCUT2D eigenvalue weighted by Crippen LogP contribution is 2.31. The van der Waals surface area contributed by atoms with E-state index in [1.807, 2.05) is 24.7 Å². The Morgan fingerprint density at radius 3 is 2.65 bits per heavy atom. The van der Waals surface area contributed by atoms with E-state index in [0.717, 1.165) is 40.0 Å². The Kier molecular flexibility index (Phi) is 3.19. The van der Waals surface area contributed by atoms with E-state index in [1.165, 1.54) is 12.1 Å². The first kappa shape index (κ1) is 13.7. The predicted molar refractivity (Wildman–Crippen MR) is 88.4 cm³/mol. The molecule has 0 atom stereocenters. The fourth-order valence-corrected chi connectivity index (χ4v) is 2.81. The van der Waals surface area contributed by atoms with Crippen molar-refractivity contribution in [3.8, 4) is 22.4 Å². The highest BCUT2D eigenvalue weighted by molar-refractivity contribution is 5.87. The zero-order chi connectivity index (χ0) is 15.8. The second-order valence-electron chi connectivity index (χ2n) is 5.39. The number of aromatic amines is 1. The molecule has 4 nitrogen and oxygen atoms in total. The van der Waals surface area contributed by atoms with Crippen LogP contribution >= 0.6 is 0 Å². The number of nitrogens with zero attached hydrogens (tertiary/aromatic N) is 3. The van der Waals surface area contributed by atoms with E-state index >= 15 is 0 Å². The summed E-state index contributed by atoms with van der Waals surface area (Å²) in [5.41, 5.74) is 5.81. The van der Waals surface area contributed by atoms with Gasteiger partial charge in [-0.15, -0.1) is 0 Å². The standard InChI is InChI=1S/C18H15FN4/c1-2-23-11-20-16-8-5-13(9-17(16)23)15-10-21-22-18(15)12-3-6-14(19)7-4-12/h3-11H,2H2,1H3,(H,21,22). The molecule has 0 bridgehead atoms. The van der Waals surface area contributed by atoms with Gasteiger partial charge in [-0.1, -0.05) is 6.07 Å². The molecule has 0 amide bonds. The van der Waals surface area contributed by atoms with Crippen LogP contribution in [0.3, 0.4) is 0 Å². The number of H-pyrrole nitrogens is 1. The Morgan fingerprint density at radius 2 is 1.87 bits per heavy atom. The maximum absolute atomic E-state index is 13.1. The molecule has 1 N–H and O–H groups in total. The van der Waals surface area contributed by atoms with Gasteiger partial charge in [-0.2, -0.15) is 5.10 Å². The lowest BCUT2D eigenvalue weighted by Crippen LogP contribution is -1.91. The molecule has 4 rings (SSSR count). The van der Waals surface area contributed by atoms with E-state index in [1.54, 1.807) is 12.1 Å². The van der Waals surface area contributed by atoms with Crippen molar-refractivity contribution >= 4 is 11.0 Å². The molecule has 4 aromatic rings. The Labute approximate surface area is 132 Å². The molecule has 0 fully saturated rings. The minimum atomic E-state index is -0.251. The molecular weight excluding hydrogens is 291 g/mol. The SMILES string of the molecule is CCn1cnc2ccc(-c3c[nH]nc3-c3ccc(F)cc3)cc21. The summed E-state index contributed by atoms with van der Waals surface area (Å²) < 4.78 is 15.2. The van der Waals surface area contributed by atoms with Crippen molar-refractivity contribution in [3.63, 3.8) is 0 Å². The third-order valence-corrected chi connectivity index (χ3v) is 4.03. The van der Waals surface area contributed by atoms with E-state index in [0.29, 0.717) is 0 Å². The second-order valence-corrected chi connectivity index (χ2v) is 5.39. The number of halogens is 1. The maximum Gasteiger partial charge on any atom is 0.123 e. The number of aryl methyl sites for hydroxylation is 1. The molecule has 2 heterocycles. The van der Waals surface area contributed by atoms with Crippen LogP contribution in [0.4, 0.5) is 4.39 Å². The van der Waals surface area contributed by atoms with Gasteiger partial charge in [0.15, 0.2) is 0 Å². The van der Waals surface area contributed by atoms with Gasteiger partial charge < -0.3 is 4.57 Å². The molecule has 5 heteroatoms. The average molecular weight is 306 g/mol. The Morgan fingerprint density at radius 1 is 1.09 bits per heavy atom. The van der Waals surface area contributed by atoms with Gasteiger partial charge in [0.05, 0.1) is 23.1 Å². The highest BCUT2D eigenvalue weighted by atomic mass is 19.1. The molecule has 2 aromatic heterocycles. The van der Waals surface area contributed by atoms with Gasteiger partial charge in [0.2, 0.25) is 0 Å². The topological polar surface area (TPSA) is 46.5 Å². The number of hydrogen-bond acceptors (Lipinski definition) is 2. The van der Waals surface area contributed by atoms with Gasteiger partial charge in [-0.3, -0.25) is 5.10 Å². The largest absolute Gasteiger partial charge is 0.331 e. The second kappa shape index (κ2) is 5.35. The molecular formula is C18H15FN4. The van der Waals surface area contributed by atoms with E-state index in [2.05, 4.69) is 32.7 Å². The lowest BCUT2D eigenvalue weighted by Gasteiger charge is -2.05. The van der Waals surface area contributed by atoms with Crippen LogP contribution in [0.15, 0.2) is 55.0 Å². The summed E-state index contributed by atoms with van der Waals surface area (Å²) in [6.45, 7) is 2.96. The summed E-state index contributed by atoms with van der Waals surface area (Å²) >= 11 is 0. The molecule has 0 saturated carbocycles. The van der Waals surface area contributed by atoms with Crippen LogP contribution in [0.1, 0.15) is 6.92 Å². The summed E-state index contributed by atoms with van der Waals surface area (Å²) in [5.74, 6) is -0.251. The first-order valence-corrected chi connectivity index (χ1v) is 7.51. The number of fused-ring (bicyclic) bond motifs is 1. The monoisotopic (exact) mass is 306 g/mol. The van der Waals surface area contributed by atoms with Crippen LogP contribution < -0.4 is 0 Å². The molecule has 23 heavy (non-hydrogen) atoms. The number of imidazole rings is 1. The third kappa shape index (κ3) is 2.30. The quantitative estimate of drug-likeness (QED) is 0.615. The molecule has 0 saturated heterocycles. The van der Waals surface area contributed by atoms with Crippen LogP contribution in [-0.2, 0) is 6.54 Å². The van der Waals surface area contributed by atoms with Gasteiger partial charge in [0, 0.05) is 23.9 Å². The fraction of sp³-hybridized carbons (Fsp3) is 0.111. The number of hydrogen-bond donors (Lipinski definition) is 1. The Hall–Kier alpha value is -2.95.